The Kier molecular flexibility index (Phi) is 5.01. The number of hydrogen-bond acceptors (Lipinski definition) is 2. The van der Waals surface area contributed by atoms with Crippen LogP contribution in [0.25, 0.3) is 10.9 Å². The van der Waals surface area contributed by atoms with E-state index in [4.69, 9.17) is 0 Å². The lowest BCUT2D eigenvalue weighted by molar-refractivity contribution is 0.0548. The first kappa shape index (κ1) is 16.1. The number of para-hydroxylation sites is 1. The van der Waals surface area contributed by atoms with Crippen LogP contribution in [0.3, 0.4) is 0 Å². The summed E-state index contributed by atoms with van der Waals surface area (Å²) < 4.78 is 2.22. The number of piperidine rings is 1. The maximum atomic E-state index is 12.9. The standard InChI is InChI=1S/C19H26N2O2/c1-2-3-6-11-21-14-17(16-7-4-5-8-18(16)21)19(23)20-12-9-15(22)10-13-20/h4-5,7-8,14-15,22H,2-3,6,9-13H2,1H3. The van der Waals surface area contributed by atoms with Crippen LogP contribution in [0.15, 0.2) is 30.5 Å². The SMILES string of the molecule is CCCCCn1cc(C(=O)N2CCC(O)CC2)c2ccccc21. The Morgan fingerprint density at radius 2 is 1.96 bits per heavy atom. The first-order valence-electron chi connectivity index (χ1n) is 8.76. The second-order valence-corrected chi connectivity index (χ2v) is 6.48. The fourth-order valence-electron chi connectivity index (χ4n) is 3.37. The molecule has 1 amide bonds. The van der Waals surface area contributed by atoms with Crippen LogP contribution in [0.1, 0.15) is 49.4 Å². The monoisotopic (exact) mass is 314 g/mol. The van der Waals surface area contributed by atoms with E-state index in [1.807, 2.05) is 29.3 Å². The van der Waals surface area contributed by atoms with E-state index in [1.165, 1.54) is 12.8 Å². The minimum atomic E-state index is -0.255. The average Bonchev–Trinajstić information content (AvgIpc) is 2.94. The van der Waals surface area contributed by atoms with Gasteiger partial charge >= 0.3 is 0 Å². The van der Waals surface area contributed by atoms with Gasteiger partial charge in [-0.15, -0.1) is 0 Å². The molecule has 0 bridgehead atoms. The molecule has 4 heteroatoms. The molecule has 0 spiro atoms. The molecule has 1 aromatic heterocycles. The zero-order chi connectivity index (χ0) is 16.2. The highest BCUT2D eigenvalue weighted by molar-refractivity contribution is 6.07. The molecule has 0 saturated carbocycles. The van der Waals surface area contributed by atoms with Crippen LogP contribution in [0.2, 0.25) is 0 Å². The maximum Gasteiger partial charge on any atom is 0.256 e. The number of benzene rings is 1. The van der Waals surface area contributed by atoms with E-state index in [0.29, 0.717) is 25.9 Å². The fourth-order valence-corrected chi connectivity index (χ4v) is 3.37. The number of rotatable bonds is 5. The summed E-state index contributed by atoms with van der Waals surface area (Å²) in [5.74, 6) is 0.0994. The van der Waals surface area contributed by atoms with Crippen LogP contribution in [-0.2, 0) is 6.54 Å². The van der Waals surface area contributed by atoms with Crippen LogP contribution in [0.5, 0.6) is 0 Å². The van der Waals surface area contributed by atoms with Crippen molar-refractivity contribution < 1.29 is 9.90 Å². The van der Waals surface area contributed by atoms with Gasteiger partial charge in [0.2, 0.25) is 0 Å². The van der Waals surface area contributed by atoms with Gasteiger partial charge in [0.05, 0.1) is 11.7 Å². The van der Waals surface area contributed by atoms with Crippen molar-refractivity contribution in [3.8, 4) is 0 Å². The predicted octanol–water partition coefficient (Wildman–Crippen LogP) is 3.43. The number of carbonyl (C=O) groups is 1. The Morgan fingerprint density at radius 3 is 2.70 bits per heavy atom. The van der Waals surface area contributed by atoms with Gasteiger partial charge in [-0.05, 0) is 25.3 Å². The predicted molar refractivity (Wildman–Crippen MR) is 92.6 cm³/mol. The highest BCUT2D eigenvalue weighted by Crippen LogP contribution is 2.24. The largest absolute Gasteiger partial charge is 0.393 e. The van der Waals surface area contributed by atoms with Crippen molar-refractivity contribution >= 4 is 16.8 Å². The van der Waals surface area contributed by atoms with Crippen LogP contribution < -0.4 is 0 Å². The highest BCUT2D eigenvalue weighted by Gasteiger charge is 2.24. The molecule has 1 fully saturated rings. The summed E-state index contributed by atoms with van der Waals surface area (Å²) in [6.45, 7) is 4.46. The lowest BCUT2D eigenvalue weighted by Crippen LogP contribution is -2.40. The number of aliphatic hydroxyl groups excluding tert-OH is 1. The van der Waals surface area contributed by atoms with Gasteiger partial charge in [-0.25, -0.2) is 0 Å². The first-order chi connectivity index (χ1) is 11.2. The number of aliphatic hydroxyl groups is 1. The summed E-state index contributed by atoms with van der Waals surface area (Å²) >= 11 is 0. The topological polar surface area (TPSA) is 45.5 Å². The fraction of sp³-hybridized carbons (Fsp3) is 0.526. The normalized spacial score (nSPS) is 16.2. The van der Waals surface area contributed by atoms with E-state index in [-0.39, 0.29) is 12.0 Å². The Balaban J connectivity index is 1.86. The van der Waals surface area contributed by atoms with Crippen LogP contribution in [-0.4, -0.2) is 39.7 Å². The van der Waals surface area contributed by atoms with E-state index in [1.54, 1.807) is 0 Å². The molecule has 4 nitrogen and oxygen atoms in total. The van der Waals surface area contributed by atoms with Gasteiger partial charge in [0.25, 0.3) is 5.91 Å². The van der Waals surface area contributed by atoms with Gasteiger partial charge in [-0.1, -0.05) is 38.0 Å². The van der Waals surface area contributed by atoms with Gasteiger partial charge in [-0.3, -0.25) is 4.79 Å². The smallest absolute Gasteiger partial charge is 0.256 e. The Bertz CT molecular complexity index is 669. The lowest BCUT2D eigenvalue weighted by Gasteiger charge is -2.29. The van der Waals surface area contributed by atoms with Gasteiger partial charge in [-0.2, -0.15) is 0 Å². The minimum Gasteiger partial charge on any atom is -0.393 e. The number of unbranched alkanes of at least 4 members (excludes halogenated alkanes) is 2. The molecule has 0 radical (unpaired) electrons. The molecule has 0 atom stereocenters. The molecule has 3 rings (SSSR count). The third-order valence-corrected chi connectivity index (χ3v) is 4.77. The molecule has 0 unspecified atom stereocenters. The van der Waals surface area contributed by atoms with E-state index in [0.717, 1.165) is 29.4 Å². The minimum absolute atomic E-state index is 0.0994. The zero-order valence-corrected chi connectivity index (χ0v) is 13.9. The van der Waals surface area contributed by atoms with Crippen LogP contribution in [0, 0.1) is 0 Å². The van der Waals surface area contributed by atoms with Crippen molar-refractivity contribution in [3.63, 3.8) is 0 Å². The van der Waals surface area contributed by atoms with Gasteiger partial charge in [0.15, 0.2) is 0 Å². The number of hydrogen-bond donors (Lipinski definition) is 1. The van der Waals surface area contributed by atoms with Gasteiger partial charge in [0.1, 0.15) is 0 Å². The van der Waals surface area contributed by atoms with E-state index in [9.17, 15) is 9.90 Å². The zero-order valence-electron chi connectivity index (χ0n) is 13.9. The average molecular weight is 314 g/mol. The highest BCUT2D eigenvalue weighted by atomic mass is 16.3. The molecule has 2 aromatic rings. The molecule has 124 valence electrons. The number of fused-ring (bicyclic) bond motifs is 1. The summed E-state index contributed by atoms with van der Waals surface area (Å²) in [5, 5.41) is 10.7. The summed E-state index contributed by atoms with van der Waals surface area (Å²) in [4.78, 5) is 14.8. The molecule has 1 aliphatic rings. The first-order valence-corrected chi connectivity index (χ1v) is 8.76. The molecule has 1 saturated heterocycles. The van der Waals surface area contributed by atoms with Crippen LogP contribution >= 0.6 is 0 Å². The lowest BCUT2D eigenvalue weighted by atomic mass is 10.1. The number of amides is 1. The van der Waals surface area contributed by atoms with Crippen molar-refractivity contribution in [2.24, 2.45) is 0 Å². The Morgan fingerprint density at radius 1 is 1.22 bits per heavy atom. The maximum absolute atomic E-state index is 12.9. The van der Waals surface area contributed by atoms with Crippen LogP contribution in [0.4, 0.5) is 0 Å². The molecule has 2 heterocycles. The summed E-state index contributed by atoms with van der Waals surface area (Å²) in [7, 11) is 0. The van der Waals surface area contributed by atoms with Gasteiger partial charge in [0, 0.05) is 36.7 Å². The van der Waals surface area contributed by atoms with Crippen molar-refractivity contribution in [2.45, 2.75) is 51.7 Å². The number of aromatic nitrogens is 1. The molecule has 1 aromatic carbocycles. The second kappa shape index (κ2) is 7.18. The third-order valence-electron chi connectivity index (χ3n) is 4.77. The van der Waals surface area contributed by atoms with Crippen molar-refractivity contribution in [3.05, 3.63) is 36.0 Å². The van der Waals surface area contributed by atoms with Gasteiger partial charge < -0.3 is 14.6 Å². The van der Waals surface area contributed by atoms with Crippen molar-refractivity contribution in [1.29, 1.82) is 0 Å². The quantitative estimate of drug-likeness (QED) is 0.859. The number of aryl methyl sites for hydroxylation is 1. The van der Waals surface area contributed by atoms with Crippen molar-refractivity contribution in [1.82, 2.24) is 9.47 Å². The van der Waals surface area contributed by atoms with E-state index in [2.05, 4.69) is 17.6 Å². The Hall–Kier alpha value is -1.81. The third kappa shape index (κ3) is 3.42. The molecule has 1 aliphatic heterocycles. The van der Waals surface area contributed by atoms with E-state index < -0.39 is 0 Å². The second-order valence-electron chi connectivity index (χ2n) is 6.48. The molecular formula is C19H26N2O2. The molecule has 0 aliphatic carbocycles. The number of carbonyl (C=O) groups excluding carboxylic acids is 1. The molecule has 23 heavy (non-hydrogen) atoms. The molecule has 1 N–H and O–H groups in total. The van der Waals surface area contributed by atoms with Crippen molar-refractivity contribution in [2.75, 3.05) is 13.1 Å². The summed E-state index contributed by atoms with van der Waals surface area (Å²) in [6, 6.07) is 8.16. The summed E-state index contributed by atoms with van der Waals surface area (Å²) in [5.41, 5.74) is 1.94. The van der Waals surface area contributed by atoms with E-state index >= 15 is 0 Å². The number of likely N-dealkylation sites (tertiary alicyclic amines) is 1. The summed E-state index contributed by atoms with van der Waals surface area (Å²) in [6.07, 6.45) is 6.67. The number of nitrogens with zero attached hydrogens (tertiary/aromatic N) is 2. The Labute approximate surface area is 137 Å². The molecular weight excluding hydrogens is 288 g/mol.